The number of benzene rings is 7. The molecule has 54 heavy (non-hydrogen) atoms. The van der Waals surface area contributed by atoms with Crippen LogP contribution in [0.15, 0.2) is 212 Å². The standard InChI is InChI=1S/C51H48OP2/c1-8-22-42(23-9-1)51(43-24-10-2-11-25-43,44-26-12-3-13-27-44)52-39-38-41-36-37-50(54(47-32-18-6-19-33-47)48-34-20-7-21-35-48)49(41)40-53(45-28-14-4-15-29-45)46-30-16-5-17-31-46/h1-35,41,49-50H,36-40H2/t41-,49-,50+/m1/s1. The predicted octanol–water partition coefficient (Wildman–Crippen LogP) is 11.0. The van der Waals surface area contributed by atoms with Gasteiger partial charge >= 0.3 is 0 Å². The lowest BCUT2D eigenvalue weighted by Gasteiger charge is -2.37. The number of rotatable bonds is 14. The molecule has 0 aromatic heterocycles. The van der Waals surface area contributed by atoms with E-state index in [-0.39, 0.29) is 0 Å². The number of ether oxygens (including phenoxy) is 1. The minimum absolute atomic E-state index is 0.546. The molecule has 7 aromatic carbocycles. The molecule has 0 unspecified atom stereocenters. The minimum atomic E-state index is -0.710. The Morgan fingerprint density at radius 3 is 1.17 bits per heavy atom. The van der Waals surface area contributed by atoms with Crippen LogP contribution in [-0.4, -0.2) is 18.4 Å². The summed E-state index contributed by atoms with van der Waals surface area (Å²) in [5, 5.41) is 5.93. The second-order valence-electron chi connectivity index (χ2n) is 14.3. The third-order valence-corrected chi connectivity index (χ3v) is 16.9. The van der Waals surface area contributed by atoms with Crippen LogP contribution in [0.2, 0.25) is 0 Å². The molecule has 0 amide bonds. The van der Waals surface area contributed by atoms with Crippen molar-refractivity contribution in [2.24, 2.45) is 11.8 Å². The maximum atomic E-state index is 7.45. The van der Waals surface area contributed by atoms with Crippen LogP contribution in [0.1, 0.15) is 36.0 Å². The van der Waals surface area contributed by atoms with Crippen molar-refractivity contribution in [2.45, 2.75) is 30.5 Å². The van der Waals surface area contributed by atoms with Crippen molar-refractivity contribution in [1.29, 1.82) is 0 Å². The topological polar surface area (TPSA) is 9.23 Å². The maximum absolute atomic E-state index is 7.45. The molecule has 1 saturated carbocycles. The SMILES string of the molecule is c1ccc(P(C[C@@H]2[C@@H](CCOC(c3ccccc3)(c3ccccc3)c3ccccc3)CC[C@@H]2P(c2ccccc2)c2ccccc2)c2ccccc2)cc1. The van der Waals surface area contributed by atoms with Gasteiger partial charge in [-0.25, -0.2) is 0 Å². The zero-order valence-electron chi connectivity index (χ0n) is 30.8. The molecule has 3 heteroatoms. The fraction of sp³-hybridized carbons (Fsp3) is 0.176. The molecule has 0 bridgehead atoms. The van der Waals surface area contributed by atoms with E-state index in [1.54, 1.807) is 0 Å². The largest absolute Gasteiger partial charge is 0.361 e. The molecule has 1 fully saturated rings. The number of hydrogen-bond donors (Lipinski definition) is 0. The van der Waals surface area contributed by atoms with Crippen molar-refractivity contribution in [2.75, 3.05) is 12.8 Å². The quantitative estimate of drug-likeness (QED) is 0.0797. The van der Waals surface area contributed by atoms with Crippen molar-refractivity contribution >= 4 is 37.1 Å². The molecule has 1 aliphatic carbocycles. The molecule has 7 aromatic rings. The zero-order chi connectivity index (χ0) is 36.4. The predicted molar refractivity (Wildman–Crippen MR) is 233 cm³/mol. The van der Waals surface area contributed by atoms with Crippen molar-refractivity contribution in [3.63, 3.8) is 0 Å². The molecule has 8 rings (SSSR count). The van der Waals surface area contributed by atoms with Gasteiger partial charge in [0.05, 0.1) is 0 Å². The summed E-state index contributed by atoms with van der Waals surface area (Å²) in [6.45, 7) is 0.676. The second-order valence-corrected chi connectivity index (χ2v) is 19.0. The third-order valence-electron chi connectivity index (χ3n) is 11.2. The Hall–Kier alpha value is -4.64. The lowest BCUT2D eigenvalue weighted by molar-refractivity contribution is 0.00404. The van der Waals surface area contributed by atoms with Crippen molar-refractivity contribution in [3.8, 4) is 0 Å². The van der Waals surface area contributed by atoms with E-state index >= 15 is 0 Å². The Bertz CT molecular complexity index is 1950. The Morgan fingerprint density at radius 1 is 0.426 bits per heavy atom. The van der Waals surface area contributed by atoms with Gasteiger partial charge in [-0.3, -0.25) is 0 Å². The molecular formula is C51H48OP2. The number of hydrogen-bond acceptors (Lipinski definition) is 1. The van der Waals surface area contributed by atoms with Crippen molar-refractivity contribution < 1.29 is 4.74 Å². The van der Waals surface area contributed by atoms with Crippen molar-refractivity contribution in [1.82, 2.24) is 0 Å². The zero-order valence-corrected chi connectivity index (χ0v) is 32.6. The minimum Gasteiger partial charge on any atom is -0.361 e. The van der Waals surface area contributed by atoms with Gasteiger partial charge < -0.3 is 4.74 Å². The first-order chi connectivity index (χ1) is 26.8. The smallest absolute Gasteiger partial charge is 0.143 e. The third kappa shape index (κ3) is 7.92. The van der Waals surface area contributed by atoms with Crippen LogP contribution in [0.5, 0.6) is 0 Å². The molecule has 0 radical (unpaired) electrons. The van der Waals surface area contributed by atoms with E-state index in [1.165, 1.54) is 40.2 Å². The van der Waals surface area contributed by atoms with E-state index in [4.69, 9.17) is 4.74 Å². The molecule has 268 valence electrons. The molecule has 0 spiro atoms. The summed E-state index contributed by atoms with van der Waals surface area (Å²) in [7, 11) is -1.12. The van der Waals surface area contributed by atoms with Gasteiger partial charge in [-0.05, 0) is 96.7 Å². The highest BCUT2D eigenvalue weighted by Gasteiger charge is 2.43. The Balaban J connectivity index is 1.18. The molecule has 0 saturated heterocycles. The Morgan fingerprint density at radius 2 is 0.778 bits per heavy atom. The highest BCUT2D eigenvalue weighted by molar-refractivity contribution is 7.74. The fourth-order valence-corrected chi connectivity index (χ4v) is 14.8. The molecule has 0 N–H and O–H groups in total. The summed E-state index contributed by atoms with van der Waals surface area (Å²) >= 11 is 0. The van der Waals surface area contributed by atoms with Crippen LogP contribution in [-0.2, 0) is 10.3 Å². The highest BCUT2D eigenvalue weighted by Crippen LogP contribution is 2.56. The first-order valence-electron chi connectivity index (χ1n) is 19.4. The fourth-order valence-electron chi connectivity index (χ4n) is 8.70. The van der Waals surface area contributed by atoms with Gasteiger partial charge in [-0.15, -0.1) is 0 Å². The molecule has 0 aliphatic heterocycles. The van der Waals surface area contributed by atoms with Gasteiger partial charge in [-0.1, -0.05) is 212 Å². The van der Waals surface area contributed by atoms with Crippen LogP contribution >= 0.6 is 15.8 Å². The van der Waals surface area contributed by atoms with E-state index in [9.17, 15) is 0 Å². The van der Waals surface area contributed by atoms with Crippen LogP contribution in [0, 0.1) is 11.8 Å². The monoisotopic (exact) mass is 738 g/mol. The van der Waals surface area contributed by atoms with Gasteiger partial charge in [-0.2, -0.15) is 0 Å². The van der Waals surface area contributed by atoms with Gasteiger partial charge in [0.2, 0.25) is 0 Å². The summed E-state index contributed by atoms with van der Waals surface area (Å²) in [5.41, 5.74) is 3.36. The Labute approximate surface area is 324 Å². The van der Waals surface area contributed by atoms with Gasteiger partial charge in [0.25, 0.3) is 0 Å². The van der Waals surface area contributed by atoms with Crippen LogP contribution in [0.4, 0.5) is 0 Å². The summed E-state index contributed by atoms with van der Waals surface area (Å²) in [5.74, 6) is 1.09. The molecule has 0 heterocycles. The molecule has 1 nitrogen and oxygen atoms in total. The first-order valence-corrected chi connectivity index (χ1v) is 22.3. The normalized spacial score (nSPS) is 17.2. The van der Waals surface area contributed by atoms with E-state index in [0.717, 1.165) is 23.1 Å². The maximum Gasteiger partial charge on any atom is 0.143 e. The van der Waals surface area contributed by atoms with E-state index in [2.05, 4.69) is 212 Å². The summed E-state index contributed by atoms with van der Waals surface area (Å²) < 4.78 is 7.45. The lowest BCUT2D eigenvalue weighted by Crippen LogP contribution is -2.34. The van der Waals surface area contributed by atoms with Crippen LogP contribution < -0.4 is 21.2 Å². The summed E-state index contributed by atoms with van der Waals surface area (Å²) in [6.07, 6.45) is 4.66. The van der Waals surface area contributed by atoms with E-state index in [1.807, 2.05) is 0 Å². The highest BCUT2D eigenvalue weighted by atomic mass is 31.1. The average molecular weight is 739 g/mol. The second kappa shape index (κ2) is 17.7. The van der Waals surface area contributed by atoms with E-state index < -0.39 is 21.4 Å². The lowest BCUT2D eigenvalue weighted by atomic mass is 9.80. The van der Waals surface area contributed by atoms with Crippen LogP contribution in [0.25, 0.3) is 0 Å². The summed E-state index contributed by atoms with van der Waals surface area (Å²) in [6, 6.07) is 78.0. The Kier molecular flexibility index (Phi) is 11.9. The van der Waals surface area contributed by atoms with Gasteiger partial charge in [0.1, 0.15) is 5.60 Å². The van der Waals surface area contributed by atoms with Gasteiger partial charge in [0, 0.05) is 6.61 Å². The molecule has 3 atom stereocenters. The van der Waals surface area contributed by atoms with Crippen molar-refractivity contribution in [3.05, 3.63) is 229 Å². The first kappa shape index (κ1) is 36.3. The van der Waals surface area contributed by atoms with E-state index in [0.29, 0.717) is 24.1 Å². The molecular weight excluding hydrogens is 691 g/mol. The molecule has 1 aliphatic rings. The van der Waals surface area contributed by atoms with Gasteiger partial charge in [0.15, 0.2) is 0 Å². The average Bonchev–Trinajstić information content (AvgIpc) is 3.65. The summed E-state index contributed by atoms with van der Waals surface area (Å²) in [4.78, 5) is 0. The van der Waals surface area contributed by atoms with Crippen LogP contribution in [0.3, 0.4) is 0 Å².